The molecule has 2 N–H and O–H groups in total. The van der Waals surface area contributed by atoms with Crippen molar-refractivity contribution in [2.24, 2.45) is 0 Å². The number of aromatic carboxylic acids is 1. The molecule has 0 bridgehead atoms. The van der Waals surface area contributed by atoms with Crippen LogP contribution in [0.1, 0.15) is 39.1 Å². The molecule has 3 rings (SSSR count). The Hall–Kier alpha value is -3.26. The van der Waals surface area contributed by atoms with Crippen LogP contribution in [0.15, 0.2) is 47.4 Å². The van der Waals surface area contributed by atoms with Crippen molar-refractivity contribution >= 4 is 27.6 Å². The molecule has 1 aliphatic heterocycles. The predicted molar refractivity (Wildman–Crippen MR) is 111 cm³/mol. The number of hydrogen-bond donors (Lipinski definition) is 2. The van der Waals surface area contributed by atoms with Gasteiger partial charge in [-0.15, -0.1) is 0 Å². The van der Waals surface area contributed by atoms with Crippen LogP contribution in [0.2, 0.25) is 0 Å². The number of anilines is 1. The standard InChI is InChI=1S/C21H21N3O6S/c1-30-13-16-3-2-10-24(16)31(28,29)17-7-5-15(6-8-17)20(25)23-19-9-4-14(12-22)11-18(19)21(26)27/h4-9,11,16H,2-3,10,13H2,1H3,(H,23,25)(H,26,27). The number of carboxylic acids is 1. The van der Waals surface area contributed by atoms with E-state index in [0.717, 1.165) is 12.8 Å². The van der Waals surface area contributed by atoms with Crippen LogP contribution in [0.3, 0.4) is 0 Å². The highest BCUT2D eigenvalue weighted by atomic mass is 32.2. The van der Waals surface area contributed by atoms with Gasteiger partial charge in [0.05, 0.1) is 34.4 Å². The summed E-state index contributed by atoms with van der Waals surface area (Å²) in [6.45, 7) is 0.728. The van der Waals surface area contributed by atoms with Crippen molar-refractivity contribution in [3.63, 3.8) is 0 Å². The molecule has 10 heteroatoms. The van der Waals surface area contributed by atoms with Gasteiger partial charge in [0.2, 0.25) is 10.0 Å². The van der Waals surface area contributed by atoms with Gasteiger partial charge in [0.1, 0.15) is 0 Å². The van der Waals surface area contributed by atoms with Gasteiger partial charge in [0, 0.05) is 25.3 Å². The number of carbonyl (C=O) groups is 2. The van der Waals surface area contributed by atoms with E-state index >= 15 is 0 Å². The van der Waals surface area contributed by atoms with E-state index in [2.05, 4.69) is 5.32 Å². The summed E-state index contributed by atoms with van der Waals surface area (Å²) in [4.78, 5) is 24.0. The zero-order valence-corrected chi connectivity index (χ0v) is 17.6. The van der Waals surface area contributed by atoms with Gasteiger partial charge < -0.3 is 15.2 Å². The van der Waals surface area contributed by atoms with E-state index in [9.17, 15) is 23.1 Å². The third-order valence-electron chi connectivity index (χ3n) is 5.03. The van der Waals surface area contributed by atoms with Gasteiger partial charge in [0.15, 0.2) is 0 Å². The van der Waals surface area contributed by atoms with E-state index < -0.39 is 21.9 Å². The topological polar surface area (TPSA) is 137 Å². The van der Waals surface area contributed by atoms with Gasteiger partial charge in [0.25, 0.3) is 5.91 Å². The molecule has 1 aliphatic rings. The molecule has 31 heavy (non-hydrogen) atoms. The number of sulfonamides is 1. The molecule has 2 aromatic rings. The van der Waals surface area contributed by atoms with Gasteiger partial charge in [-0.05, 0) is 55.3 Å². The zero-order chi connectivity index (χ0) is 22.6. The molecule has 0 aromatic heterocycles. The number of benzene rings is 2. The third-order valence-corrected chi connectivity index (χ3v) is 7.00. The molecule has 1 fully saturated rings. The Balaban J connectivity index is 1.80. The Morgan fingerprint density at radius 3 is 2.58 bits per heavy atom. The Bertz CT molecular complexity index is 1140. The van der Waals surface area contributed by atoms with Crippen molar-refractivity contribution < 1.29 is 27.9 Å². The molecule has 1 amide bonds. The number of ether oxygens (including phenoxy) is 1. The smallest absolute Gasteiger partial charge is 0.337 e. The number of nitriles is 1. The number of rotatable bonds is 7. The van der Waals surface area contributed by atoms with E-state index in [4.69, 9.17) is 10.00 Å². The lowest BCUT2D eigenvalue weighted by Crippen LogP contribution is -2.38. The third kappa shape index (κ3) is 4.74. The van der Waals surface area contributed by atoms with Crippen molar-refractivity contribution in [1.29, 1.82) is 5.26 Å². The summed E-state index contributed by atoms with van der Waals surface area (Å²) in [7, 11) is -2.20. The summed E-state index contributed by atoms with van der Waals surface area (Å²) in [6, 6.07) is 11.0. The molecule has 0 radical (unpaired) electrons. The van der Waals surface area contributed by atoms with Gasteiger partial charge in [-0.25, -0.2) is 13.2 Å². The maximum Gasteiger partial charge on any atom is 0.337 e. The fourth-order valence-electron chi connectivity index (χ4n) is 3.49. The van der Waals surface area contributed by atoms with E-state index in [1.807, 2.05) is 6.07 Å². The largest absolute Gasteiger partial charge is 0.478 e. The van der Waals surface area contributed by atoms with Gasteiger partial charge in [-0.2, -0.15) is 9.57 Å². The quantitative estimate of drug-likeness (QED) is 0.670. The second kappa shape index (κ2) is 9.26. The maximum atomic E-state index is 13.0. The lowest BCUT2D eigenvalue weighted by atomic mass is 10.1. The summed E-state index contributed by atoms with van der Waals surface area (Å²) in [5.74, 6) is -1.89. The first-order valence-corrected chi connectivity index (χ1v) is 10.9. The van der Waals surface area contributed by atoms with E-state index in [1.54, 1.807) is 0 Å². The lowest BCUT2D eigenvalue weighted by molar-refractivity contribution is 0.0698. The SMILES string of the molecule is COCC1CCCN1S(=O)(=O)c1ccc(C(=O)Nc2ccc(C#N)cc2C(=O)O)cc1. The minimum Gasteiger partial charge on any atom is -0.478 e. The number of nitrogens with zero attached hydrogens (tertiary/aromatic N) is 2. The molecule has 0 aliphatic carbocycles. The van der Waals surface area contributed by atoms with E-state index in [-0.39, 0.29) is 33.3 Å². The van der Waals surface area contributed by atoms with Crippen LogP contribution in [-0.2, 0) is 14.8 Å². The second-order valence-corrected chi connectivity index (χ2v) is 8.91. The normalized spacial score (nSPS) is 16.6. The fraction of sp³-hybridized carbons (Fsp3) is 0.286. The molecule has 162 valence electrons. The number of methoxy groups -OCH3 is 1. The molecule has 1 unspecified atom stereocenters. The zero-order valence-electron chi connectivity index (χ0n) is 16.7. The lowest BCUT2D eigenvalue weighted by Gasteiger charge is -2.23. The van der Waals surface area contributed by atoms with Crippen LogP contribution in [-0.4, -0.2) is 56.0 Å². The molecule has 2 aromatic carbocycles. The Labute approximate surface area is 179 Å². The van der Waals surface area contributed by atoms with Crippen molar-refractivity contribution in [3.8, 4) is 6.07 Å². The van der Waals surface area contributed by atoms with E-state index in [0.29, 0.717) is 13.2 Å². The summed E-state index contributed by atoms with van der Waals surface area (Å²) >= 11 is 0. The molecular formula is C21H21N3O6S. The molecule has 1 heterocycles. The second-order valence-electron chi connectivity index (χ2n) is 7.02. The summed E-state index contributed by atoms with van der Waals surface area (Å²) in [5.41, 5.74) is 0.130. The molecule has 1 saturated heterocycles. The van der Waals surface area contributed by atoms with Crippen LogP contribution in [0.5, 0.6) is 0 Å². The van der Waals surface area contributed by atoms with Gasteiger partial charge in [-0.1, -0.05) is 0 Å². The van der Waals surface area contributed by atoms with Crippen LogP contribution in [0.25, 0.3) is 0 Å². The molecule has 0 saturated carbocycles. The summed E-state index contributed by atoms with van der Waals surface area (Å²) < 4.78 is 32.4. The fourth-order valence-corrected chi connectivity index (χ4v) is 5.17. The minimum absolute atomic E-state index is 0.0349. The van der Waals surface area contributed by atoms with Crippen LogP contribution in [0, 0.1) is 11.3 Å². The highest BCUT2D eigenvalue weighted by Crippen LogP contribution is 2.26. The molecule has 0 spiro atoms. The highest BCUT2D eigenvalue weighted by Gasteiger charge is 2.35. The average molecular weight is 443 g/mol. The van der Waals surface area contributed by atoms with Gasteiger partial charge in [-0.3, -0.25) is 4.79 Å². The van der Waals surface area contributed by atoms with Crippen LogP contribution >= 0.6 is 0 Å². The maximum absolute atomic E-state index is 13.0. The predicted octanol–water partition coefficient (Wildman–Crippen LogP) is 2.31. The van der Waals surface area contributed by atoms with Crippen molar-refractivity contribution in [3.05, 3.63) is 59.2 Å². The highest BCUT2D eigenvalue weighted by molar-refractivity contribution is 7.89. The van der Waals surface area contributed by atoms with Crippen LogP contribution in [0.4, 0.5) is 5.69 Å². The number of carboxylic acid groups (broad SMARTS) is 1. The first-order valence-electron chi connectivity index (χ1n) is 9.47. The number of nitrogens with one attached hydrogen (secondary N) is 1. The molecule has 9 nitrogen and oxygen atoms in total. The Kier molecular flexibility index (Phi) is 6.70. The number of hydrogen-bond acceptors (Lipinski definition) is 6. The van der Waals surface area contributed by atoms with Crippen molar-refractivity contribution in [1.82, 2.24) is 4.31 Å². The van der Waals surface area contributed by atoms with Crippen molar-refractivity contribution in [2.45, 2.75) is 23.8 Å². The number of amides is 1. The minimum atomic E-state index is -3.72. The summed E-state index contributed by atoms with van der Waals surface area (Å²) in [6.07, 6.45) is 1.48. The molecule has 1 atom stereocenters. The van der Waals surface area contributed by atoms with E-state index in [1.165, 1.54) is 53.9 Å². The van der Waals surface area contributed by atoms with Crippen molar-refractivity contribution in [2.75, 3.05) is 25.6 Å². The first kappa shape index (κ1) is 22.4. The monoisotopic (exact) mass is 443 g/mol. The number of carbonyl (C=O) groups excluding carboxylic acids is 1. The van der Waals surface area contributed by atoms with Gasteiger partial charge >= 0.3 is 5.97 Å². The first-order chi connectivity index (χ1) is 14.8. The Morgan fingerprint density at radius 1 is 1.26 bits per heavy atom. The molecular weight excluding hydrogens is 422 g/mol. The Morgan fingerprint density at radius 2 is 1.97 bits per heavy atom. The summed E-state index contributed by atoms with van der Waals surface area (Å²) in [5, 5.41) is 20.7. The average Bonchev–Trinajstić information content (AvgIpc) is 3.23. The van der Waals surface area contributed by atoms with Crippen LogP contribution < -0.4 is 5.32 Å².